The van der Waals surface area contributed by atoms with Crippen molar-refractivity contribution in [3.63, 3.8) is 0 Å². The zero-order chi connectivity index (χ0) is 27.8. The van der Waals surface area contributed by atoms with Gasteiger partial charge in [0.25, 0.3) is 0 Å². The fourth-order valence-electron chi connectivity index (χ4n) is 5.41. The van der Waals surface area contributed by atoms with Gasteiger partial charge >= 0.3 is 0 Å². The van der Waals surface area contributed by atoms with Crippen LogP contribution >= 0.6 is 0 Å². The summed E-state index contributed by atoms with van der Waals surface area (Å²) in [6.07, 6.45) is 16.0. The fourth-order valence-corrected chi connectivity index (χ4v) is 5.41. The molecule has 0 bridgehead atoms. The molecule has 7 rings (SSSR count). The summed E-state index contributed by atoms with van der Waals surface area (Å²) in [5.41, 5.74) is 7.53. The number of H-pyrrole nitrogens is 1. The number of amides is 1. The molecule has 0 unspecified atom stereocenters. The van der Waals surface area contributed by atoms with E-state index >= 15 is 0 Å². The van der Waals surface area contributed by atoms with E-state index in [1.54, 1.807) is 55.7 Å². The van der Waals surface area contributed by atoms with Crippen LogP contribution in [0.5, 0.6) is 0 Å². The first-order valence-electron chi connectivity index (χ1n) is 13.5. The van der Waals surface area contributed by atoms with Crippen molar-refractivity contribution in [1.29, 1.82) is 0 Å². The van der Waals surface area contributed by atoms with E-state index in [1.807, 2.05) is 12.1 Å². The lowest BCUT2D eigenvalue weighted by Gasteiger charge is -2.13. The summed E-state index contributed by atoms with van der Waals surface area (Å²) >= 11 is 0. The van der Waals surface area contributed by atoms with Crippen molar-refractivity contribution in [2.75, 3.05) is 10.6 Å². The molecule has 1 fully saturated rings. The number of hydrogen-bond donors (Lipinski definition) is 3. The maximum absolute atomic E-state index is 13.5. The molecule has 5 aromatic rings. The van der Waals surface area contributed by atoms with Crippen molar-refractivity contribution in [1.82, 2.24) is 24.9 Å². The van der Waals surface area contributed by atoms with E-state index in [0.717, 1.165) is 70.2 Å². The number of aromatic nitrogens is 5. The number of nitrogens with zero attached hydrogens (tertiary/aromatic N) is 5. The fraction of sp³-hybridized carbons (Fsp3) is 0.161. The molecule has 0 atom stereocenters. The number of aromatic amines is 1. The quantitative estimate of drug-likeness (QED) is 0.243. The van der Waals surface area contributed by atoms with Crippen LogP contribution in [0, 0.1) is 11.7 Å². The number of imidazole rings is 1. The molecule has 0 radical (unpaired) electrons. The van der Waals surface area contributed by atoms with Gasteiger partial charge in [0.1, 0.15) is 11.6 Å². The van der Waals surface area contributed by atoms with Crippen molar-refractivity contribution in [2.24, 2.45) is 10.9 Å². The van der Waals surface area contributed by atoms with Crippen molar-refractivity contribution >= 4 is 40.2 Å². The predicted octanol–water partition coefficient (Wildman–Crippen LogP) is 6.19. The van der Waals surface area contributed by atoms with Crippen molar-refractivity contribution in [3.05, 3.63) is 90.8 Å². The molecule has 202 valence electrons. The van der Waals surface area contributed by atoms with Gasteiger partial charge in [0, 0.05) is 46.8 Å². The van der Waals surface area contributed by atoms with Gasteiger partial charge in [-0.2, -0.15) is 0 Å². The average molecular weight is 545 g/mol. The van der Waals surface area contributed by atoms with Gasteiger partial charge in [-0.15, -0.1) is 0 Å². The summed E-state index contributed by atoms with van der Waals surface area (Å²) in [7, 11) is 0. The van der Waals surface area contributed by atoms with Crippen LogP contribution in [-0.4, -0.2) is 37.2 Å². The Morgan fingerprint density at radius 2 is 1.76 bits per heavy atom. The Hall–Kier alpha value is -5.25. The normalized spacial score (nSPS) is 14.8. The maximum atomic E-state index is 13.5. The van der Waals surface area contributed by atoms with Crippen LogP contribution < -0.4 is 10.6 Å². The van der Waals surface area contributed by atoms with E-state index in [1.165, 1.54) is 12.1 Å². The van der Waals surface area contributed by atoms with Gasteiger partial charge < -0.3 is 15.6 Å². The van der Waals surface area contributed by atoms with Crippen molar-refractivity contribution in [2.45, 2.75) is 25.7 Å². The lowest BCUT2D eigenvalue weighted by Crippen LogP contribution is -2.20. The first-order valence-corrected chi connectivity index (χ1v) is 13.5. The molecular formula is C31H25FN8O. The molecule has 0 saturated heterocycles. The number of anilines is 2. The number of aliphatic imine (C=N–C) groups is 1. The number of carbonyl (C=O) groups is 1. The van der Waals surface area contributed by atoms with Gasteiger partial charge in [0.15, 0.2) is 0 Å². The number of benzene rings is 1. The smallest absolute Gasteiger partial charge is 0.227 e. The minimum absolute atomic E-state index is 0.0438. The van der Waals surface area contributed by atoms with Crippen LogP contribution in [-0.2, 0) is 4.79 Å². The van der Waals surface area contributed by atoms with Gasteiger partial charge in [-0.05, 0) is 42.7 Å². The lowest BCUT2D eigenvalue weighted by molar-refractivity contribution is -0.119. The van der Waals surface area contributed by atoms with Gasteiger partial charge in [-0.25, -0.2) is 14.4 Å². The standard InChI is InChI=1S/C31H25FN8O/c32-21-7-5-18(6-8-21)24-13-34-15-28-29(24)40-30(39-28)25-14-35-17-37-27-16-36-26(10-23(25)27)20-9-22(12-33-11-20)38-31(41)19-3-1-2-4-19/h5-17,19H,1-4H2,(H,35,37)(H,38,41)(H,39,40). The minimum atomic E-state index is -0.302. The zero-order valence-corrected chi connectivity index (χ0v) is 21.9. The van der Waals surface area contributed by atoms with Crippen LogP contribution in [0.2, 0.25) is 0 Å². The van der Waals surface area contributed by atoms with Gasteiger partial charge in [-0.3, -0.25) is 19.7 Å². The second-order valence-electron chi connectivity index (χ2n) is 10.2. The third-order valence-electron chi connectivity index (χ3n) is 7.52. The van der Waals surface area contributed by atoms with Crippen LogP contribution in [0.25, 0.3) is 39.0 Å². The Kier molecular flexibility index (Phi) is 6.27. The molecule has 1 saturated carbocycles. The molecule has 41 heavy (non-hydrogen) atoms. The monoisotopic (exact) mass is 544 g/mol. The molecule has 1 aromatic carbocycles. The first kappa shape index (κ1) is 24.8. The molecule has 3 N–H and O–H groups in total. The molecular weight excluding hydrogens is 519 g/mol. The van der Waals surface area contributed by atoms with Crippen LogP contribution in [0.4, 0.5) is 15.8 Å². The summed E-state index contributed by atoms with van der Waals surface area (Å²) in [6.45, 7) is 0. The molecule has 1 aliphatic heterocycles. The third-order valence-corrected chi connectivity index (χ3v) is 7.52. The van der Waals surface area contributed by atoms with E-state index < -0.39 is 0 Å². The summed E-state index contributed by atoms with van der Waals surface area (Å²) in [4.78, 5) is 38.8. The second-order valence-corrected chi connectivity index (χ2v) is 10.2. The molecule has 2 aliphatic rings. The molecule has 0 spiro atoms. The average Bonchev–Trinajstić information content (AvgIpc) is 3.64. The molecule has 9 nitrogen and oxygen atoms in total. The number of pyridine rings is 3. The van der Waals surface area contributed by atoms with Gasteiger partial charge in [0.05, 0.1) is 53.0 Å². The Bertz CT molecular complexity index is 1840. The van der Waals surface area contributed by atoms with E-state index in [9.17, 15) is 9.18 Å². The third kappa shape index (κ3) is 4.84. The summed E-state index contributed by atoms with van der Waals surface area (Å²) in [5.74, 6) is 0.405. The molecule has 1 aliphatic carbocycles. The second kappa shape index (κ2) is 10.4. The number of nitrogens with one attached hydrogen (secondary N) is 3. The molecule has 1 amide bonds. The minimum Gasteiger partial charge on any atom is -0.345 e. The summed E-state index contributed by atoms with van der Waals surface area (Å²) in [5, 5.41) is 6.20. The molecule has 5 heterocycles. The highest BCUT2D eigenvalue weighted by molar-refractivity contribution is 5.97. The van der Waals surface area contributed by atoms with Crippen molar-refractivity contribution < 1.29 is 9.18 Å². The number of halogens is 1. The summed E-state index contributed by atoms with van der Waals surface area (Å²) < 4.78 is 13.5. The van der Waals surface area contributed by atoms with Crippen LogP contribution in [0.3, 0.4) is 0 Å². The van der Waals surface area contributed by atoms with E-state index in [0.29, 0.717) is 17.2 Å². The number of rotatable bonds is 5. The summed E-state index contributed by atoms with van der Waals surface area (Å²) in [6, 6.07) is 10.1. The highest BCUT2D eigenvalue weighted by atomic mass is 19.1. The van der Waals surface area contributed by atoms with Crippen LogP contribution in [0.15, 0.2) is 78.6 Å². The van der Waals surface area contributed by atoms with Crippen LogP contribution in [0.1, 0.15) is 37.1 Å². The first-order chi connectivity index (χ1) is 20.1. The Morgan fingerprint density at radius 3 is 2.61 bits per heavy atom. The number of hydrogen-bond acceptors (Lipinski definition) is 7. The SMILES string of the molecule is O=C(Nc1cncc(-c2cc3c(cn2)NC=NC=C3c2nc3c(-c4ccc(F)cc4)cncc3[nH]2)c1)C1CCCC1. The zero-order valence-electron chi connectivity index (χ0n) is 21.9. The molecule has 10 heteroatoms. The highest BCUT2D eigenvalue weighted by Crippen LogP contribution is 2.35. The number of fused-ring (bicyclic) bond motifs is 2. The van der Waals surface area contributed by atoms with E-state index in [4.69, 9.17) is 4.98 Å². The van der Waals surface area contributed by atoms with E-state index in [2.05, 4.69) is 35.6 Å². The van der Waals surface area contributed by atoms with E-state index in [-0.39, 0.29) is 17.6 Å². The molecule has 4 aromatic heterocycles. The van der Waals surface area contributed by atoms with Gasteiger partial charge in [-0.1, -0.05) is 25.0 Å². The Labute approximate surface area is 234 Å². The topological polar surface area (TPSA) is 121 Å². The highest BCUT2D eigenvalue weighted by Gasteiger charge is 2.23. The maximum Gasteiger partial charge on any atom is 0.227 e. The van der Waals surface area contributed by atoms with Gasteiger partial charge in [0.2, 0.25) is 5.91 Å². The van der Waals surface area contributed by atoms with Crippen molar-refractivity contribution in [3.8, 4) is 22.4 Å². The Morgan fingerprint density at radius 1 is 0.927 bits per heavy atom. The Balaban J connectivity index is 1.25. The number of carbonyl (C=O) groups excluding carboxylic acids is 1. The lowest BCUT2D eigenvalue weighted by atomic mass is 10.0. The predicted molar refractivity (Wildman–Crippen MR) is 157 cm³/mol. The largest absolute Gasteiger partial charge is 0.345 e.